The molecule has 0 bridgehead atoms. The van der Waals surface area contributed by atoms with Gasteiger partial charge in [-0.25, -0.2) is 4.72 Å². The number of carbonyl (C=O) groups excluding carboxylic acids is 4. The molecule has 14 heteroatoms. The van der Waals surface area contributed by atoms with E-state index >= 15 is 4.79 Å². The number of carbonyl (C=O) groups is 4. The third kappa shape index (κ3) is 12.0. The van der Waals surface area contributed by atoms with E-state index in [0.29, 0.717) is 43.7 Å². The van der Waals surface area contributed by atoms with E-state index in [4.69, 9.17) is 4.42 Å². The van der Waals surface area contributed by atoms with Gasteiger partial charge < -0.3 is 25.3 Å². The Bertz CT molecular complexity index is 2360. The molecule has 6 atom stereocenters. The first-order valence-corrected chi connectivity index (χ1v) is 30.4. The monoisotopic (exact) mass is 1030 g/mol. The molecule has 8 rings (SSSR count). The van der Waals surface area contributed by atoms with Gasteiger partial charge in [-0.15, -0.1) is 6.58 Å². The predicted octanol–water partition coefficient (Wildman–Crippen LogP) is 10.9. The SMILES string of the molecule is C=C[C@@H]1C[C@]1(NC(=O)[C@@H]1C[C@@]2(CN1C(=O)[C@@H](NC(CCCCCCCCCCCCCCC1CCCCC1)CNC(=O)c1ccc3occc3c1)C(C)(C)C)C(C)(C)C21CCC1)C(=O)NS(=O)(=O)N1CCCC1. The first kappa shape index (κ1) is 55.5. The van der Waals surface area contributed by atoms with E-state index in [0.717, 1.165) is 69.1 Å². The van der Waals surface area contributed by atoms with Crippen LogP contribution in [0, 0.1) is 33.5 Å². The standard InChI is InChI=1S/C59H92N6O7S/c1-7-46-39-59(46,54(69)63-73(70,71)64-35-23-24-36-64)62-52(67)48-40-58(56(5,6)57(58)33-25-34-57)42-65(48)53(68)50(55(2,3)4)61-47(41-60-51(66)45-30-31-49-44(38-45)32-37-72-49)29-22-17-15-13-11-9-8-10-12-14-16-19-26-43-27-20-18-21-28-43/h7,30-32,37-38,43,46-48,50,61H,1,8-29,33-36,39-42H2,2-6H3,(H,60,66)(H,62,67)(H,63,69)/t46-,47?,48+,50-,58-,59-/m1/s1. The highest BCUT2D eigenvalue weighted by Crippen LogP contribution is 2.88. The minimum absolute atomic E-state index is 0.0278. The summed E-state index contributed by atoms with van der Waals surface area (Å²) in [5.74, 6) is -1.03. The highest BCUT2D eigenvalue weighted by Gasteiger charge is 2.85. The molecular formula is C59H92N6O7S. The second kappa shape index (κ2) is 23.2. The van der Waals surface area contributed by atoms with Crippen molar-refractivity contribution in [1.29, 1.82) is 0 Å². The van der Waals surface area contributed by atoms with Gasteiger partial charge in [-0.05, 0) is 91.4 Å². The van der Waals surface area contributed by atoms with Gasteiger partial charge in [-0.3, -0.25) is 19.2 Å². The van der Waals surface area contributed by atoms with Gasteiger partial charge in [0.2, 0.25) is 11.8 Å². The largest absolute Gasteiger partial charge is 0.464 e. The molecule has 0 radical (unpaired) electrons. The van der Waals surface area contributed by atoms with Crippen molar-refractivity contribution in [3.63, 3.8) is 0 Å². The Balaban J connectivity index is 0.913. The number of nitrogens with zero attached hydrogens (tertiary/aromatic N) is 2. The summed E-state index contributed by atoms with van der Waals surface area (Å²) in [7, 11) is -4.10. The van der Waals surface area contributed by atoms with E-state index in [1.165, 1.54) is 101 Å². The van der Waals surface area contributed by atoms with Crippen LogP contribution in [0.25, 0.3) is 11.0 Å². The molecule has 4 saturated carbocycles. The molecule has 13 nitrogen and oxygen atoms in total. The fraction of sp³-hybridized carbons (Fsp3) is 0.763. The molecule has 2 saturated heterocycles. The lowest BCUT2D eigenvalue weighted by Gasteiger charge is -2.38. The van der Waals surface area contributed by atoms with E-state index in [-0.39, 0.29) is 40.5 Å². The molecule has 6 aliphatic rings. The van der Waals surface area contributed by atoms with E-state index in [1.54, 1.807) is 23.3 Å². The maximum Gasteiger partial charge on any atom is 0.303 e. The van der Waals surface area contributed by atoms with Gasteiger partial charge >= 0.3 is 10.2 Å². The summed E-state index contributed by atoms with van der Waals surface area (Å²) < 4.78 is 35.7. The molecule has 1 aromatic heterocycles. The Hall–Kier alpha value is -3.75. The van der Waals surface area contributed by atoms with Crippen LogP contribution >= 0.6 is 0 Å². The summed E-state index contributed by atoms with van der Waals surface area (Å²) in [5, 5.41) is 10.9. The smallest absolute Gasteiger partial charge is 0.303 e. The number of likely N-dealkylation sites (tertiary alicyclic amines) is 1. The van der Waals surface area contributed by atoms with E-state index < -0.39 is 51.0 Å². The van der Waals surface area contributed by atoms with E-state index in [9.17, 15) is 22.8 Å². The molecule has 406 valence electrons. The van der Waals surface area contributed by atoms with E-state index in [1.807, 2.05) is 39.0 Å². The van der Waals surface area contributed by atoms with Gasteiger partial charge in [-0.2, -0.15) is 12.7 Å². The highest BCUT2D eigenvalue weighted by molar-refractivity contribution is 7.87. The number of furan rings is 1. The molecule has 4 N–H and O–H groups in total. The molecule has 4 amide bonds. The Kier molecular flexibility index (Phi) is 17.7. The fourth-order valence-corrected chi connectivity index (χ4v) is 15.7. The van der Waals surface area contributed by atoms with Crippen molar-refractivity contribution in [3.8, 4) is 0 Å². The molecule has 2 spiro atoms. The average Bonchev–Trinajstić information content (AvgIpc) is 3.72. The number of hydrogen-bond donors (Lipinski definition) is 4. The van der Waals surface area contributed by atoms with Crippen LogP contribution in [0.5, 0.6) is 0 Å². The van der Waals surface area contributed by atoms with Crippen LogP contribution < -0.4 is 20.7 Å². The second-order valence-corrected chi connectivity index (χ2v) is 26.9. The molecule has 2 aliphatic heterocycles. The maximum atomic E-state index is 15.6. The Morgan fingerprint density at radius 2 is 1.47 bits per heavy atom. The molecule has 1 unspecified atom stereocenters. The predicted molar refractivity (Wildman–Crippen MR) is 290 cm³/mol. The van der Waals surface area contributed by atoms with Crippen molar-refractivity contribution in [2.75, 3.05) is 26.2 Å². The van der Waals surface area contributed by atoms with Gasteiger partial charge in [0.15, 0.2) is 0 Å². The summed E-state index contributed by atoms with van der Waals surface area (Å²) in [5.41, 5.74) is -1.16. The van der Waals surface area contributed by atoms with Gasteiger partial charge in [0.25, 0.3) is 11.8 Å². The molecule has 2 aromatic rings. The highest BCUT2D eigenvalue weighted by atomic mass is 32.2. The van der Waals surface area contributed by atoms with Crippen molar-refractivity contribution < 1.29 is 32.0 Å². The van der Waals surface area contributed by atoms with Crippen LogP contribution in [0.1, 0.15) is 212 Å². The Morgan fingerprint density at radius 3 is 2.05 bits per heavy atom. The minimum Gasteiger partial charge on any atom is -0.464 e. The first-order chi connectivity index (χ1) is 34.9. The summed E-state index contributed by atoms with van der Waals surface area (Å²) in [6.45, 7) is 16.0. The summed E-state index contributed by atoms with van der Waals surface area (Å²) in [6, 6.07) is 5.45. The first-order valence-electron chi connectivity index (χ1n) is 29.0. The zero-order valence-corrected chi connectivity index (χ0v) is 46.2. The van der Waals surface area contributed by atoms with Crippen molar-refractivity contribution in [2.24, 2.45) is 33.5 Å². The zero-order chi connectivity index (χ0) is 52.1. The molecule has 73 heavy (non-hydrogen) atoms. The van der Waals surface area contributed by atoms with Crippen molar-refractivity contribution in [1.82, 2.24) is 29.9 Å². The fourth-order valence-electron chi connectivity index (χ4n) is 14.4. The Labute approximate surface area is 438 Å². The number of nitrogens with one attached hydrogen (secondary N) is 4. The number of benzene rings is 1. The van der Waals surface area contributed by atoms with Crippen LogP contribution in [-0.2, 0) is 24.6 Å². The maximum absolute atomic E-state index is 15.6. The number of amides is 4. The number of unbranched alkanes of at least 4 members (excludes halogenated alkanes) is 11. The van der Waals surface area contributed by atoms with Crippen molar-refractivity contribution in [3.05, 3.63) is 48.7 Å². The van der Waals surface area contributed by atoms with Crippen molar-refractivity contribution >= 4 is 44.8 Å². The summed E-state index contributed by atoms with van der Waals surface area (Å²) in [4.78, 5) is 60.1. The normalized spacial score (nSPS) is 26.4. The van der Waals surface area contributed by atoms with Crippen LogP contribution in [0.2, 0.25) is 0 Å². The van der Waals surface area contributed by atoms with Gasteiger partial charge in [0.1, 0.15) is 17.2 Å². The molecule has 1 aromatic carbocycles. The third-order valence-electron chi connectivity index (χ3n) is 19.5. The average molecular weight is 1030 g/mol. The lowest BCUT2D eigenvalue weighted by molar-refractivity contribution is -0.143. The number of hydrogen-bond acceptors (Lipinski definition) is 8. The van der Waals surface area contributed by atoms with E-state index in [2.05, 4.69) is 41.1 Å². The van der Waals surface area contributed by atoms with Crippen molar-refractivity contribution in [2.45, 2.75) is 225 Å². The van der Waals surface area contributed by atoms with Gasteiger partial charge in [-0.1, -0.05) is 163 Å². The van der Waals surface area contributed by atoms with Gasteiger partial charge in [0, 0.05) is 54.5 Å². The van der Waals surface area contributed by atoms with Crippen LogP contribution in [0.4, 0.5) is 0 Å². The lowest BCUT2D eigenvalue weighted by atomic mass is 9.73. The quantitative estimate of drug-likeness (QED) is 0.0506. The van der Waals surface area contributed by atoms with Crippen LogP contribution in [0.3, 0.4) is 0 Å². The third-order valence-corrected chi connectivity index (χ3v) is 20.9. The number of rotatable bonds is 27. The molecule has 4 aliphatic carbocycles. The molecular weight excluding hydrogens is 937 g/mol. The number of fused-ring (bicyclic) bond motifs is 2. The summed E-state index contributed by atoms with van der Waals surface area (Å²) >= 11 is 0. The lowest BCUT2D eigenvalue weighted by Crippen LogP contribution is -2.61. The zero-order valence-electron chi connectivity index (χ0n) is 45.4. The molecule has 6 fully saturated rings. The summed E-state index contributed by atoms with van der Waals surface area (Å²) in [6.07, 6.45) is 33.1. The Morgan fingerprint density at radius 1 is 0.822 bits per heavy atom. The topological polar surface area (TPSA) is 170 Å². The van der Waals surface area contributed by atoms with Gasteiger partial charge in [0.05, 0.1) is 12.3 Å². The van der Waals surface area contributed by atoms with Crippen LogP contribution in [-0.4, -0.2) is 91.1 Å². The second-order valence-electron chi connectivity index (χ2n) is 25.2. The molecule has 3 heterocycles. The minimum atomic E-state index is -4.10. The van der Waals surface area contributed by atoms with Crippen LogP contribution in [0.15, 0.2) is 47.6 Å².